The third-order valence-corrected chi connectivity index (χ3v) is 4.39. The largest absolute Gasteiger partial charge is 0.345 e. The van der Waals surface area contributed by atoms with Crippen molar-refractivity contribution in [2.75, 3.05) is 5.32 Å². The van der Waals surface area contributed by atoms with Gasteiger partial charge in [0.1, 0.15) is 5.82 Å². The molecule has 0 bridgehead atoms. The van der Waals surface area contributed by atoms with Crippen LogP contribution < -0.4 is 10.6 Å². The molecule has 0 fully saturated rings. The molecule has 0 aliphatic rings. The van der Waals surface area contributed by atoms with Crippen molar-refractivity contribution >= 4 is 17.5 Å². The predicted octanol–water partition coefficient (Wildman–Crippen LogP) is 4.63. The van der Waals surface area contributed by atoms with Gasteiger partial charge in [-0.15, -0.1) is 0 Å². The highest BCUT2D eigenvalue weighted by Crippen LogP contribution is 2.20. The van der Waals surface area contributed by atoms with E-state index in [1.807, 2.05) is 36.4 Å². The van der Waals surface area contributed by atoms with Crippen LogP contribution in [0.1, 0.15) is 33.9 Å². The number of rotatable bonds is 6. The third kappa shape index (κ3) is 5.04. The van der Waals surface area contributed by atoms with Crippen LogP contribution in [0.2, 0.25) is 0 Å². The van der Waals surface area contributed by atoms with Crippen LogP contribution in [0, 0.1) is 12.7 Å². The van der Waals surface area contributed by atoms with Crippen LogP contribution in [0.25, 0.3) is 0 Å². The Bertz CT molecular complexity index is 959. The maximum atomic E-state index is 13.7. The molecule has 4 nitrogen and oxygen atoms in total. The summed E-state index contributed by atoms with van der Waals surface area (Å²) in [4.78, 5) is 25.1. The first kappa shape index (κ1) is 19.3. The molecule has 28 heavy (non-hydrogen) atoms. The molecule has 3 rings (SSSR count). The van der Waals surface area contributed by atoms with Gasteiger partial charge in [-0.1, -0.05) is 54.6 Å². The van der Waals surface area contributed by atoms with Gasteiger partial charge in [0.05, 0.1) is 12.5 Å². The van der Waals surface area contributed by atoms with Crippen molar-refractivity contribution in [2.24, 2.45) is 0 Å². The summed E-state index contributed by atoms with van der Waals surface area (Å²) in [5, 5.41) is 5.61. The number of hydrogen-bond acceptors (Lipinski definition) is 2. The second-order valence-electron chi connectivity index (χ2n) is 6.52. The SMILES string of the molecule is Cc1ccc(NC(=O)C[C@@H](NC(=O)c2ccccc2)c2ccccc2)cc1F. The molecule has 0 unspecified atom stereocenters. The van der Waals surface area contributed by atoms with Crippen molar-refractivity contribution in [2.45, 2.75) is 19.4 Å². The average Bonchev–Trinajstić information content (AvgIpc) is 2.71. The number of hydrogen-bond donors (Lipinski definition) is 2. The third-order valence-electron chi connectivity index (χ3n) is 4.39. The number of benzene rings is 3. The zero-order valence-corrected chi connectivity index (χ0v) is 15.5. The van der Waals surface area contributed by atoms with Gasteiger partial charge in [-0.05, 0) is 42.3 Å². The van der Waals surface area contributed by atoms with Gasteiger partial charge in [0.15, 0.2) is 0 Å². The molecule has 0 saturated heterocycles. The quantitative estimate of drug-likeness (QED) is 0.659. The zero-order valence-electron chi connectivity index (χ0n) is 15.5. The Kier molecular flexibility index (Phi) is 6.17. The fourth-order valence-corrected chi connectivity index (χ4v) is 2.84. The van der Waals surface area contributed by atoms with E-state index >= 15 is 0 Å². The topological polar surface area (TPSA) is 58.2 Å². The van der Waals surface area contributed by atoms with Crippen molar-refractivity contribution in [3.05, 3.63) is 101 Å². The van der Waals surface area contributed by atoms with Gasteiger partial charge in [0.25, 0.3) is 5.91 Å². The van der Waals surface area contributed by atoms with Crippen LogP contribution in [-0.4, -0.2) is 11.8 Å². The minimum absolute atomic E-state index is 0.0259. The first-order chi connectivity index (χ1) is 13.5. The Balaban J connectivity index is 1.74. The van der Waals surface area contributed by atoms with Crippen LogP contribution >= 0.6 is 0 Å². The highest BCUT2D eigenvalue weighted by atomic mass is 19.1. The van der Waals surface area contributed by atoms with E-state index in [1.54, 1.807) is 43.3 Å². The summed E-state index contributed by atoms with van der Waals surface area (Å²) in [6, 6.07) is 22.1. The van der Waals surface area contributed by atoms with Gasteiger partial charge in [-0.2, -0.15) is 0 Å². The van der Waals surface area contributed by atoms with Gasteiger partial charge < -0.3 is 10.6 Å². The lowest BCUT2D eigenvalue weighted by Gasteiger charge is -2.19. The number of amides is 2. The second-order valence-corrected chi connectivity index (χ2v) is 6.52. The first-order valence-electron chi connectivity index (χ1n) is 9.00. The molecule has 142 valence electrons. The van der Waals surface area contributed by atoms with Gasteiger partial charge in [0, 0.05) is 11.3 Å². The standard InChI is InChI=1S/C23H21FN2O2/c1-16-12-13-19(14-20(16)24)25-22(27)15-21(17-8-4-2-5-9-17)26-23(28)18-10-6-3-7-11-18/h2-14,21H,15H2,1H3,(H,25,27)(H,26,28)/t21-/m1/s1. The van der Waals surface area contributed by atoms with E-state index in [-0.39, 0.29) is 24.1 Å². The zero-order chi connectivity index (χ0) is 19.9. The lowest BCUT2D eigenvalue weighted by molar-refractivity contribution is -0.116. The number of anilines is 1. The molecule has 0 aromatic heterocycles. The molecule has 2 amide bonds. The predicted molar refractivity (Wildman–Crippen MR) is 107 cm³/mol. The summed E-state index contributed by atoms with van der Waals surface area (Å²) >= 11 is 0. The maximum Gasteiger partial charge on any atom is 0.251 e. The lowest BCUT2D eigenvalue weighted by atomic mass is 10.0. The molecule has 0 heterocycles. The van der Waals surface area contributed by atoms with Gasteiger partial charge in [0.2, 0.25) is 5.91 Å². The number of carbonyl (C=O) groups excluding carboxylic acids is 2. The molecule has 0 spiro atoms. The maximum absolute atomic E-state index is 13.7. The molecular formula is C23H21FN2O2. The number of aryl methyl sites for hydroxylation is 1. The monoisotopic (exact) mass is 376 g/mol. The molecule has 0 aliphatic heterocycles. The molecule has 0 saturated carbocycles. The molecular weight excluding hydrogens is 355 g/mol. The average molecular weight is 376 g/mol. The summed E-state index contributed by atoms with van der Waals surface area (Å²) < 4.78 is 13.7. The summed E-state index contributed by atoms with van der Waals surface area (Å²) in [5.74, 6) is -0.955. The van der Waals surface area contributed by atoms with Crippen LogP contribution in [0.5, 0.6) is 0 Å². The number of nitrogens with one attached hydrogen (secondary N) is 2. The van der Waals surface area contributed by atoms with E-state index in [0.29, 0.717) is 16.8 Å². The van der Waals surface area contributed by atoms with Gasteiger partial charge >= 0.3 is 0 Å². The summed E-state index contributed by atoms with van der Waals surface area (Å²) in [7, 11) is 0. The molecule has 5 heteroatoms. The molecule has 3 aromatic carbocycles. The van der Waals surface area contributed by atoms with Gasteiger partial charge in [-0.25, -0.2) is 4.39 Å². The Morgan fingerprint density at radius 1 is 0.929 bits per heavy atom. The summed E-state index contributed by atoms with van der Waals surface area (Å²) in [5.41, 5.74) is 2.23. The lowest BCUT2D eigenvalue weighted by Crippen LogP contribution is -2.31. The molecule has 0 aliphatic carbocycles. The van der Waals surface area contributed by atoms with Crippen molar-refractivity contribution in [3.8, 4) is 0 Å². The van der Waals surface area contributed by atoms with Crippen molar-refractivity contribution in [1.82, 2.24) is 5.32 Å². The Hall–Kier alpha value is -3.47. The van der Waals surface area contributed by atoms with Crippen LogP contribution in [0.3, 0.4) is 0 Å². The van der Waals surface area contributed by atoms with E-state index in [2.05, 4.69) is 10.6 Å². The van der Waals surface area contributed by atoms with E-state index in [4.69, 9.17) is 0 Å². The van der Waals surface area contributed by atoms with E-state index in [1.165, 1.54) is 6.07 Å². The van der Waals surface area contributed by atoms with Crippen molar-refractivity contribution < 1.29 is 14.0 Å². The van der Waals surface area contributed by atoms with E-state index in [9.17, 15) is 14.0 Å². The second kappa shape index (κ2) is 8.95. The minimum atomic E-state index is -0.510. The molecule has 0 radical (unpaired) electrons. The van der Waals surface area contributed by atoms with Crippen LogP contribution in [0.15, 0.2) is 78.9 Å². The Morgan fingerprint density at radius 3 is 2.21 bits per heavy atom. The molecule has 1 atom stereocenters. The number of halogens is 1. The van der Waals surface area contributed by atoms with Crippen molar-refractivity contribution in [3.63, 3.8) is 0 Å². The highest BCUT2D eigenvalue weighted by molar-refractivity contribution is 5.95. The number of carbonyl (C=O) groups is 2. The smallest absolute Gasteiger partial charge is 0.251 e. The van der Waals surface area contributed by atoms with E-state index < -0.39 is 6.04 Å². The Morgan fingerprint density at radius 2 is 1.57 bits per heavy atom. The fourth-order valence-electron chi connectivity index (χ4n) is 2.84. The normalized spacial score (nSPS) is 11.5. The fraction of sp³-hybridized carbons (Fsp3) is 0.130. The molecule has 2 N–H and O–H groups in total. The van der Waals surface area contributed by atoms with Crippen LogP contribution in [0.4, 0.5) is 10.1 Å². The van der Waals surface area contributed by atoms with Crippen LogP contribution in [-0.2, 0) is 4.79 Å². The Labute approximate surface area is 163 Å². The summed E-state index contributed by atoms with van der Waals surface area (Å²) in [6.07, 6.45) is 0.0259. The summed E-state index contributed by atoms with van der Waals surface area (Å²) in [6.45, 7) is 1.66. The molecule has 3 aromatic rings. The minimum Gasteiger partial charge on any atom is -0.345 e. The van der Waals surface area contributed by atoms with Gasteiger partial charge in [-0.3, -0.25) is 9.59 Å². The van der Waals surface area contributed by atoms with Crippen molar-refractivity contribution in [1.29, 1.82) is 0 Å². The first-order valence-corrected chi connectivity index (χ1v) is 9.00. The van der Waals surface area contributed by atoms with E-state index in [0.717, 1.165) is 5.56 Å². The highest BCUT2D eigenvalue weighted by Gasteiger charge is 2.19.